The van der Waals surface area contributed by atoms with Crippen LogP contribution in [0.1, 0.15) is 17.5 Å². The molecule has 0 aliphatic carbocycles. The fourth-order valence-electron chi connectivity index (χ4n) is 3.38. The molecule has 2 heterocycles. The summed E-state index contributed by atoms with van der Waals surface area (Å²) in [7, 11) is 0. The molecule has 4 aromatic rings. The van der Waals surface area contributed by atoms with E-state index in [0.717, 1.165) is 33.3 Å². The van der Waals surface area contributed by atoms with Crippen molar-refractivity contribution < 1.29 is 9.18 Å². The van der Waals surface area contributed by atoms with Gasteiger partial charge in [0, 0.05) is 29.2 Å². The predicted octanol–water partition coefficient (Wildman–Crippen LogP) is 5.25. The topological polar surface area (TPSA) is 57.8 Å². The summed E-state index contributed by atoms with van der Waals surface area (Å²) in [6.07, 6.45) is 2.42. The van der Waals surface area contributed by atoms with Crippen molar-refractivity contribution in [3.8, 4) is 11.3 Å². The molecule has 0 unspecified atom stereocenters. The van der Waals surface area contributed by atoms with Crippen LogP contribution in [0, 0.1) is 12.7 Å². The SMILES string of the molecule is Cc1cccnc1NC(=O)CCc1c(-c2ccccc2)[nH]c2ccc(F)cc12. The van der Waals surface area contributed by atoms with Crippen molar-refractivity contribution in [2.24, 2.45) is 0 Å². The maximum absolute atomic E-state index is 13.9. The van der Waals surface area contributed by atoms with Crippen molar-refractivity contribution in [2.45, 2.75) is 19.8 Å². The van der Waals surface area contributed by atoms with E-state index in [1.807, 2.05) is 49.4 Å². The van der Waals surface area contributed by atoms with Crippen LogP contribution in [-0.4, -0.2) is 15.9 Å². The zero-order valence-electron chi connectivity index (χ0n) is 15.5. The summed E-state index contributed by atoms with van der Waals surface area (Å²) in [6, 6.07) is 18.3. The van der Waals surface area contributed by atoms with E-state index in [2.05, 4.69) is 15.3 Å². The third kappa shape index (κ3) is 3.64. The number of rotatable bonds is 5. The Balaban J connectivity index is 1.63. The first-order valence-corrected chi connectivity index (χ1v) is 9.19. The Labute approximate surface area is 162 Å². The van der Waals surface area contributed by atoms with Gasteiger partial charge < -0.3 is 10.3 Å². The molecule has 2 aromatic heterocycles. The molecule has 1 amide bonds. The minimum absolute atomic E-state index is 0.119. The van der Waals surface area contributed by atoms with Crippen molar-refractivity contribution in [3.05, 3.63) is 83.8 Å². The number of amides is 1. The Morgan fingerprint density at radius 2 is 1.93 bits per heavy atom. The number of carbonyl (C=O) groups is 1. The van der Waals surface area contributed by atoms with E-state index in [1.54, 1.807) is 12.3 Å². The lowest BCUT2D eigenvalue weighted by Gasteiger charge is -2.08. The average Bonchev–Trinajstić information content (AvgIpc) is 3.06. The molecular formula is C23H20FN3O. The van der Waals surface area contributed by atoms with E-state index in [9.17, 15) is 9.18 Å². The highest BCUT2D eigenvalue weighted by molar-refractivity contribution is 5.93. The van der Waals surface area contributed by atoms with Gasteiger partial charge in [-0.05, 0) is 54.3 Å². The molecule has 140 valence electrons. The van der Waals surface area contributed by atoms with Gasteiger partial charge in [-0.25, -0.2) is 9.37 Å². The van der Waals surface area contributed by atoms with Crippen LogP contribution in [0.5, 0.6) is 0 Å². The van der Waals surface area contributed by atoms with E-state index in [1.165, 1.54) is 12.1 Å². The number of aromatic nitrogens is 2. The van der Waals surface area contributed by atoms with Crippen molar-refractivity contribution in [1.82, 2.24) is 9.97 Å². The molecule has 28 heavy (non-hydrogen) atoms. The first-order chi connectivity index (χ1) is 13.6. The third-order valence-corrected chi connectivity index (χ3v) is 4.80. The zero-order chi connectivity index (χ0) is 19.5. The molecule has 2 N–H and O–H groups in total. The molecule has 0 bridgehead atoms. The molecule has 4 nitrogen and oxygen atoms in total. The number of anilines is 1. The predicted molar refractivity (Wildman–Crippen MR) is 110 cm³/mol. The molecule has 5 heteroatoms. The summed E-state index contributed by atoms with van der Waals surface area (Å²) in [5, 5.41) is 3.66. The van der Waals surface area contributed by atoms with Gasteiger partial charge in [-0.15, -0.1) is 0 Å². The van der Waals surface area contributed by atoms with Gasteiger partial charge in [0.2, 0.25) is 5.91 Å². The fourth-order valence-corrected chi connectivity index (χ4v) is 3.38. The first-order valence-electron chi connectivity index (χ1n) is 9.19. The second kappa shape index (κ2) is 7.64. The Bertz CT molecular complexity index is 1140. The fraction of sp³-hybridized carbons (Fsp3) is 0.130. The maximum atomic E-state index is 13.9. The number of carbonyl (C=O) groups excluding carboxylic acids is 1. The number of pyridine rings is 1. The second-order valence-electron chi connectivity index (χ2n) is 6.75. The van der Waals surface area contributed by atoms with Crippen LogP contribution in [0.2, 0.25) is 0 Å². The van der Waals surface area contributed by atoms with Gasteiger partial charge in [0.15, 0.2) is 0 Å². The number of nitrogens with one attached hydrogen (secondary N) is 2. The van der Waals surface area contributed by atoms with Crippen molar-refractivity contribution >= 4 is 22.6 Å². The number of H-pyrrole nitrogens is 1. The van der Waals surface area contributed by atoms with E-state index >= 15 is 0 Å². The first kappa shape index (κ1) is 17.9. The number of aromatic amines is 1. The molecule has 0 spiro atoms. The minimum atomic E-state index is -0.291. The van der Waals surface area contributed by atoms with Crippen LogP contribution in [0.4, 0.5) is 10.2 Å². The lowest BCUT2D eigenvalue weighted by molar-refractivity contribution is -0.116. The van der Waals surface area contributed by atoms with Crippen molar-refractivity contribution in [1.29, 1.82) is 0 Å². The van der Waals surface area contributed by atoms with Crippen LogP contribution in [0.15, 0.2) is 66.9 Å². The van der Waals surface area contributed by atoms with E-state index in [4.69, 9.17) is 0 Å². The van der Waals surface area contributed by atoms with Crippen LogP contribution in [-0.2, 0) is 11.2 Å². The van der Waals surface area contributed by atoms with Crippen LogP contribution < -0.4 is 5.32 Å². The van der Waals surface area contributed by atoms with Gasteiger partial charge in [-0.2, -0.15) is 0 Å². The monoisotopic (exact) mass is 373 g/mol. The number of hydrogen-bond acceptors (Lipinski definition) is 2. The smallest absolute Gasteiger partial charge is 0.225 e. The largest absolute Gasteiger partial charge is 0.354 e. The molecule has 2 aromatic carbocycles. The minimum Gasteiger partial charge on any atom is -0.354 e. The van der Waals surface area contributed by atoms with Crippen LogP contribution in [0.3, 0.4) is 0 Å². The summed E-state index contributed by atoms with van der Waals surface area (Å²) in [6.45, 7) is 1.90. The number of hydrogen-bond donors (Lipinski definition) is 2. The molecule has 0 fully saturated rings. The highest BCUT2D eigenvalue weighted by Crippen LogP contribution is 2.32. The molecular weight excluding hydrogens is 353 g/mol. The van der Waals surface area contributed by atoms with Crippen LogP contribution in [0.25, 0.3) is 22.2 Å². The molecule has 4 rings (SSSR count). The number of aryl methyl sites for hydroxylation is 2. The van der Waals surface area contributed by atoms with E-state index < -0.39 is 0 Å². The molecule has 0 aliphatic heterocycles. The van der Waals surface area contributed by atoms with Crippen molar-refractivity contribution in [2.75, 3.05) is 5.32 Å². The van der Waals surface area contributed by atoms with Gasteiger partial charge >= 0.3 is 0 Å². The molecule has 0 radical (unpaired) electrons. The van der Waals surface area contributed by atoms with Gasteiger partial charge in [0.1, 0.15) is 11.6 Å². The number of benzene rings is 2. The Morgan fingerprint density at radius 3 is 2.71 bits per heavy atom. The second-order valence-corrected chi connectivity index (χ2v) is 6.75. The number of halogens is 1. The highest BCUT2D eigenvalue weighted by atomic mass is 19.1. The zero-order valence-corrected chi connectivity index (χ0v) is 15.5. The average molecular weight is 373 g/mol. The molecule has 0 atom stereocenters. The lowest BCUT2D eigenvalue weighted by atomic mass is 10.0. The number of nitrogens with zero attached hydrogens (tertiary/aromatic N) is 1. The Morgan fingerprint density at radius 1 is 1.11 bits per heavy atom. The van der Waals surface area contributed by atoms with E-state index in [-0.39, 0.29) is 18.1 Å². The Kier molecular flexibility index (Phi) is 4.89. The standard InChI is InChI=1S/C23H20FN3O/c1-15-6-5-13-25-23(15)27-21(28)12-10-18-19-14-17(24)9-11-20(19)26-22(18)16-7-3-2-4-8-16/h2-9,11,13-14,26H,10,12H2,1H3,(H,25,27,28). The van der Waals surface area contributed by atoms with Gasteiger partial charge in [0.25, 0.3) is 0 Å². The summed E-state index contributed by atoms with van der Waals surface area (Å²) >= 11 is 0. The molecule has 0 saturated carbocycles. The third-order valence-electron chi connectivity index (χ3n) is 4.80. The van der Waals surface area contributed by atoms with Gasteiger partial charge in [0.05, 0.1) is 0 Å². The summed E-state index contributed by atoms with van der Waals surface area (Å²) in [5.74, 6) is 0.160. The molecule has 0 aliphatic rings. The van der Waals surface area contributed by atoms with Gasteiger partial charge in [-0.3, -0.25) is 4.79 Å². The Hall–Kier alpha value is -3.47. The molecule has 0 saturated heterocycles. The van der Waals surface area contributed by atoms with E-state index in [0.29, 0.717) is 12.2 Å². The van der Waals surface area contributed by atoms with Crippen molar-refractivity contribution in [3.63, 3.8) is 0 Å². The summed E-state index contributed by atoms with van der Waals surface area (Å²) in [4.78, 5) is 20.1. The lowest BCUT2D eigenvalue weighted by Crippen LogP contribution is -2.14. The van der Waals surface area contributed by atoms with Gasteiger partial charge in [-0.1, -0.05) is 36.4 Å². The highest BCUT2D eigenvalue weighted by Gasteiger charge is 2.15. The summed E-state index contributed by atoms with van der Waals surface area (Å²) in [5.41, 5.74) is 4.64. The number of fused-ring (bicyclic) bond motifs is 1. The summed E-state index contributed by atoms with van der Waals surface area (Å²) < 4.78 is 13.9. The maximum Gasteiger partial charge on any atom is 0.225 e. The normalized spacial score (nSPS) is 10.9. The van der Waals surface area contributed by atoms with Crippen LogP contribution >= 0.6 is 0 Å². The quantitative estimate of drug-likeness (QED) is 0.502.